The summed E-state index contributed by atoms with van der Waals surface area (Å²) in [5.41, 5.74) is 6.89. The molecule has 2 nitrogen and oxygen atoms in total. The SMILES string of the molecule is CC[C@H](CO)NCc1ccc2c(c1)Cc1ccccc1-2. The van der Waals surface area contributed by atoms with Gasteiger partial charge >= 0.3 is 0 Å². The Morgan fingerprint density at radius 3 is 2.70 bits per heavy atom. The molecule has 0 heterocycles. The van der Waals surface area contributed by atoms with Crippen molar-refractivity contribution in [1.29, 1.82) is 0 Å². The van der Waals surface area contributed by atoms with Crippen LogP contribution in [0.15, 0.2) is 42.5 Å². The Bertz CT molecular complexity index is 602. The van der Waals surface area contributed by atoms with E-state index in [0.29, 0.717) is 0 Å². The second-order valence-corrected chi connectivity index (χ2v) is 5.49. The molecule has 20 heavy (non-hydrogen) atoms. The van der Waals surface area contributed by atoms with E-state index in [0.717, 1.165) is 19.4 Å². The van der Waals surface area contributed by atoms with Crippen LogP contribution in [0.4, 0.5) is 0 Å². The molecule has 0 bridgehead atoms. The normalized spacial score (nSPS) is 13.9. The minimum Gasteiger partial charge on any atom is -0.395 e. The van der Waals surface area contributed by atoms with Gasteiger partial charge in [-0.2, -0.15) is 0 Å². The molecule has 0 aromatic heterocycles. The summed E-state index contributed by atoms with van der Waals surface area (Å²) in [6.45, 7) is 3.11. The van der Waals surface area contributed by atoms with Gasteiger partial charge in [0.25, 0.3) is 0 Å². The molecule has 0 radical (unpaired) electrons. The third-order valence-corrected chi connectivity index (χ3v) is 4.17. The van der Waals surface area contributed by atoms with Gasteiger partial charge in [0.15, 0.2) is 0 Å². The van der Waals surface area contributed by atoms with Crippen molar-refractivity contribution in [3.63, 3.8) is 0 Å². The van der Waals surface area contributed by atoms with Crippen LogP contribution in [0.25, 0.3) is 11.1 Å². The number of nitrogens with one attached hydrogen (secondary N) is 1. The molecule has 0 fully saturated rings. The lowest BCUT2D eigenvalue weighted by Gasteiger charge is -2.14. The van der Waals surface area contributed by atoms with Gasteiger partial charge in [-0.15, -0.1) is 0 Å². The Morgan fingerprint density at radius 2 is 1.90 bits per heavy atom. The molecule has 0 saturated carbocycles. The van der Waals surface area contributed by atoms with Crippen LogP contribution in [0, 0.1) is 0 Å². The highest BCUT2D eigenvalue weighted by molar-refractivity contribution is 5.76. The first-order valence-corrected chi connectivity index (χ1v) is 7.36. The van der Waals surface area contributed by atoms with Crippen molar-refractivity contribution < 1.29 is 5.11 Å². The van der Waals surface area contributed by atoms with E-state index in [1.54, 1.807) is 0 Å². The zero-order valence-corrected chi connectivity index (χ0v) is 11.9. The van der Waals surface area contributed by atoms with Crippen LogP contribution in [-0.4, -0.2) is 17.8 Å². The van der Waals surface area contributed by atoms with Crippen molar-refractivity contribution in [3.05, 3.63) is 59.2 Å². The maximum absolute atomic E-state index is 9.21. The summed E-state index contributed by atoms with van der Waals surface area (Å²) in [4.78, 5) is 0. The molecule has 1 atom stereocenters. The van der Waals surface area contributed by atoms with Gasteiger partial charge in [0.1, 0.15) is 0 Å². The summed E-state index contributed by atoms with van der Waals surface area (Å²) in [5.74, 6) is 0. The average molecular weight is 267 g/mol. The van der Waals surface area contributed by atoms with Crippen molar-refractivity contribution in [3.8, 4) is 11.1 Å². The van der Waals surface area contributed by atoms with Crippen molar-refractivity contribution >= 4 is 0 Å². The zero-order chi connectivity index (χ0) is 13.9. The first-order valence-electron chi connectivity index (χ1n) is 7.36. The lowest BCUT2D eigenvalue weighted by Crippen LogP contribution is -2.31. The second-order valence-electron chi connectivity index (χ2n) is 5.49. The first kappa shape index (κ1) is 13.3. The standard InChI is InChI=1S/C18H21NO/c1-2-16(12-20)19-11-13-7-8-18-15(9-13)10-14-5-3-4-6-17(14)18/h3-9,16,19-20H,2,10-12H2,1H3/t16-/m1/s1. The number of aliphatic hydroxyl groups excluding tert-OH is 1. The predicted octanol–water partition coefficient (Wildman–Crippen LogP) is 3.12. The van der Waals surface area contributed by atoms with Crippen molar-refractivity contribution in [2.75, 3.05) is 6.61 Å². The molecule has 0 spiro atoms. The highest BCUT2D eigenvalue weighted by Gasteiger charge is 2.17. The fourth-order valence-corrected chi connectivity index (χ4v) is 2.91. The third-order valence-electron chi connectivity index (χ3n) is 4.17. The molecule has 2 N–H and O–H groups in total. The fraction of sp³-hybridized carbons (Fsp3) is 0.333. The van der Waals surface area contributed by atoms with E-state index >= 15 is 0 Å². The number of aliphatic hydroxyl groups is 1. The Balaban J connectivity index is 1.77. The van der Waals surface area contributed by atoms with E-state index in [2.05, 4.69) is 54.7 Å². The molecule has 0 amide bonds. The van der Waals surface area contributed by atoms with Crippen LogP contribution >= 0.6 is 0 Å². The molecule has 1 aliphatic carbocycles. The maximum Gasteiger partial charge on any atom is 0.0584 e. The van der Waals surface area contributed by atoms with E-state index in [9.17, 15) is 5.11 Å². The summed E-state index contributed by atoms with van der Waals surface area (Å²) in [6, 6.07) is 15.6. The fourth-order valence-electron chi connectivity index (χ4n) is 2.91. The van der Waals surface area contributed by atoms with Crippen LogP contribution in [0.2, 0.25) is 0 Å². The van der Waals surface area contributed by atoms with Gasteiger partial charge in [-0.05, 0) is 40.7 Å². The molecule has 2 aromatic rings. The van der Waals surface area contributed by atoms with Gasteiger partial charge in [0.2, 0.25) is 0 Å². The molecular weight excluding hydrogens is 246 g/mol. The highest BCUT2D eigenvalue weighted by atomic mass is 16.3. The van der Waals surface area contributed by atoms with Gasteiger partial charge in [-0.25, -0.2) is 0 Å². The first-order chi connectivity index (χ1) is 9.81. The van der Waals surface area contributed by atoms with Gasteiger partial charge < -0.3 is 10.4 Å². The van der Waals surface area contributed by atoms with Crippen LogP contribution in [0.3, 0.4) is 0 Å². The third kappa shape index (κ3) is 2.49. The monoisotopic (exact) mass is 267 g/mol. The van der Waals surface area contributed by atoms with E-state index in [4.69, 9.17) is 0 Å². The van der Waals surface area contributed by atoms with E-state index < -0.39 is 0 Å². The van der Waals surface area contributed by atoms with Crippen LogP contribution in [-0.2, 0) is 13.0 Å². The lowest BCUT2D eigenvalue weighted by atomic mass is 10.0. The average Bonchev–Trinajstić information content (AvgIpc) is 2.86. The maximum atomic E-state index is 9.21. The van der Waals surface area contributed by atoms with E-state index in [1.165, 1.54) is 27.8 Å². The molecular formula is C18H21NO. The number of rotatable bonds is 5. The Morgan fingerprint density at radius 1 is 1.10 bits per heavy atom. The smallest absolute Gasteiger partial charge is 0.0584 e. The Labute approximate surface area is 120 Å². The minimum atomic E-state index is 0.195. The van der Waals surface area contributed by atoms with Gasteiger partial charge in [0.05, 0.1) is 6.61 Å². The lowest BCUT2D eigenvalue weighted by molar-refractivity contribution is 0.238. The van der Waals surface area contributed by atoms with Crippen molar-refractivity contribution in [2.45, 2.75) is 32.4 Å². The van der Waals surface area contributed by atoms with Crippen LogP contribution in [0.5, 0.6) is 0 Å². The molecule has 3 rings (SSSR count). The van der Waals surface area contributed by atoms with Crippen LogP contribution < -0.4 is 5.32 Å². The summed E-state index contributed by atoms with van der Waals surface area (Å²) < 4.78 is 0. The summed E-state index contributed by atoms with van der Waals surface area (Å²) >= 11 is 0. The molecule has 0 saturated heterocycles. The van der Waals surface area contributed by atoms with Crippen molar-refractivity contribution in [2.24, 2.45) is 0 Å². The topological polar surface area (TPSA) is 32.3 Å². The number of benzene rings is 2. The van der Waals surface area contributed by atoms with Crippen LogP contribution in [0.1, 0.15) is 30.0 Å². The zero-order valence-electron chi connectivity index (χ0n) is 11.9. The molecule has 2 aromatic carbocycles. The molecule has 104 valence electrons. The van der Waals surface area contributed by atoms with Gasteiger partial charge in [0, 0.05) is 12.6 Å². The summed E-state index contributed by atoms with van der Waals surface area (Å²) in [7, 11) is 0. The Hall–Kier alpha value is -1.64. The number of fused-ring (bicyclic) bond motifs is 3. The molecule has 2 heteroatoms. The Kier molecular flexibility index (Phi) is 3.86. The molecule has 0 unspecified atom stereocenters. The minimum absolute atomic E-state index is 0.195. The van der Waals surface area contributed by atoms with E-state index in [1.807, 2.05) is 0 Å². The predicted molar refractivity (Wildman–Crippen MR) is 82.7 cm³/mol. The van der Waals surface area contributed by atoms with Crippen molar-refractivity contribution in [1.82, 2.24) is 5.32 Å². The molecule has 1 aliphatic rings. The largest absolute Gasteiger partial charge is 0.395 e. The summed E-state index contributed by atoms with van der Waals surface area (Å²) in [5, 5.41) is 12.6. The summed E-state index contributed by atoms with van der Waals surface area (Å²) in [6.07, 6.45) is 1.99. The van der Waals surface area contributed by atoms with E-state index in [-0.39, 0.29) is 12.6 Å². The van der Waals surface area contributed by atoms with Gasteiger partial charge in [-0.1, -0.05) is 49.4 Å². The molecule has 0 aliphatic heterocycles. The highest BCUT2D eigenvalue weighted by Crippen LogP contribution is 2.36. The number of hydrogen-bond donors (Lipinski definition) is 2. The van der Waals surface area contributed by atoms with Gasteiger partial charge in [-0.3, -0.25) is 0 Å². The second kappa shape index (κ2) is 5.78. The number of hydrogen-bond acceptors (Lipinski definition) is 2. The quantitative estimate of drug-likeness (QED) is 0.744.